The number of esters is 2. The molecule has 2 heterocycles. The molecule has 0 fully saturated rings. The number of hydrogen-bond acceptors (Lipinski definition) is 9. The van der Waals surface area contributed by atoms with Gasteiger partial charge < -0.3 is 25.0 Å². The minimum absolute atomic E-state index is 0.0463. The number of aryl methyl sites for hydroxylation is 1. The monoisotopic (exact) mass is 623 g/mol. The number of rotatable bonds is 7. The molecule has 14 heteroatoms. The van der Waals surface area contributed by atoms with Gasteiger partial charge in [-0.3, -0.25) is 14.4 Å². The number of alkyl halides is 3. The number of nitrogen functional groups attached to an aromatic ring is 1. The number of aromatic nitrogens is 2. The van der Waals surface area contributed by atoms with Gasteiger partial charge in [0.15, 0.2) is 6.61 Å². The number of nitrogens with two attached hydrogens (primary N) is 1. The highest BCUT2D eigenvalue weighted by atomic mass is 19.4. The summed E-state index contributed by atoms with van der Waals surface area (Å²) < 4.78 is 47.9. The number of benzene rings is 2. The number of amides is 2. The molecule has 1 aliphatic heterocycles. The molecule has 2 aromatic carbocycles. The van der Waals surface area contributed by atoms with Gasteiger partial charge in [0.2, 0.25) is 17.7 Å². The lowest BCUT2D eigenvalue weighted by Gasteiger charge is -2.30. The van der Waals surface area contributed by atoms with Gasteiger partial charge in [0.25, 0.3) is 5.91 Å². The number of fused-ring (bicyclic) bond motifs is 1. The Hall–Kier alpha value is -5.45. The van der Waals surface area contributed by atoms with E-state index in [1.807, 2.05) is 0 Å². The first kappa shape index (κ1) is 32.5. The molecule has 0 radical (unpaired) electrons. The Morgan fingerprint density at radius 1 is 1.07 bits per heavy atom. The van der Waals surface area contributed by atoms with Crippen LogP contribution in [0.5, 0.6) is 5.88 Å². The summed E-state index contributed by atoms with van der Waals surface area (Å²) in [5.41, 5.74) is 7.34. The Morgan fingerprint density at radius 3 is 2.42 bits per heavy atom. The number of halogens is 3. The van der Waals surface area contributed by atoms with E-state index in [1.165, 1.54) is 11.0 Å². The number of ether oxygens (including phenoxy) is 2. The second kappa shape index (κ2) is 13.5. The smallest absolute Gasteiger partial charge is 0.464 e. The number of anilines is 2. The zero-order valence-electron chi connectivity index (χ0n) is 24.4. The van der Waals surface area contributed by atoms with Crippen molar-refractivity contribution in [2.24, 2.45) is 0 Å². The Morgan fingerprint density at radius 2 is 1.78 bits per heavy atom. The number of hydrogen-bond donors (Lipinski definition) is 1. The molecule has 45 heavy (non-hydrogen) atoms. The number of carbonyl (C=O) groups is 4. The predicted molar refractivity (Wildman–Crippen MR) is 155 cm³/mol. The normalized spacial score (nSPS) is 13.8. The van der Waals surface area contributed by atoms with Crippen LogP contribution in [0.4, 0.5) is 24.8 Å². The van der Waals surface area contributed by atoms with Gasteiger partial charge in [0, 0.05) is 23.4 Å². The summed E-state index contributed by atoms with van der Waals surface area (Å²) in [7, 11) is 0. The van der Waals surface area contributed by atoms with Gasteiger partial charge in [-0.25, -0.2) is 9.78 Å². The lowest BCUT2D eigenvalue weighted by molar-refractivity contribution is -0.202. The third-order valence-corrected chi connectivity index (χ3v) is 6.57. The van der Waals surface area contributed by atoms with Crippen LogP contribution in [-0.4, -0.2) is 64.0 Å². The number of carbonyl (C=O) groups excluding carboxylic acids is 4. The minimum atomic E-state index is -5.40. The van der Waals surface area contributed by atoms with Gasteiger partial charge in [0.05, 0.1) is 23.7 Å². The minimum Gasteiger partial charge on any atom is -0.464 e. The lowest BCUT2D eigenvalue weighted by atomic mass is 10.00. The van der Waals surface area contributed by atoms with Crippen molar-refractivity contribution in [2.45, 2.75) is 45.5 Å². The van der Waals surface area contributed by atoms with Gasteiger partial charge in [-0.2, -0.15) is 18.2 Å². The fourth-order valence-electron chi connectivity index (χ4n) is 4.72. The molecule has 2 amide bonds. The summed E-state index contributed by atoms with van der Waals surface area (Å²) in [6.07, 6.45) is -6.22. The molecule has 1 aliphatic rings. The third kappa shape index (κ3) is 7.94. The second-order valence-electron chi connectivity index (χ2n) is 10.2. The lowest BCUT2D eigenvalue weighted by Crippen LogP contribution is -2.44. The quantitative estimate of drug-likeness (QED) is 0.236. The predicted octanol–water partition coefficient (Wildman–Crippen LogP) is 3.76. The Kier molecular flexibility index (Phi) is 9.71. The van der Waals surface area contributed by atoms with Gasteiger partial charge in [-0.05, 0) is 44.5 Å². The highest BCUT2D eigenvalue weighted by molar-refractivity contribution is 6.10. The summed E-state index contributed by atoms with van der Waals surface area (Å²) in [5.74, 6) is 0.615. The maximum atomic E-state index is 14.1. The zero-order valence-corrected chi connectivity index (χ0v) is 24.4. The maximum absolute atomic E-state index is 14.1. The number of nitrogens with zero attached hydrogens (tertiary/aromatic N) is 4. The van der Waals surface area contributed by atoms with E-state index in [0.29, 0.717) is 16.8 Å². The standard InChI is InChI=1S/C31H28F3N5O6/c1-18(2)39-23-12-11-20(8-7-13-44-25-14-19(3)36-30(35)37-25)15-22(23)28(42)38(17-26(39)40)24(21-9-5-4-6-10-21)16-27(41)45-29(43)31(32,33)34/h4-6,9-12,14-15,18,24H,13,16-17H2,1-3H3,(H2,35,36,37). The molecule has 0 saturated carbocycles. The molecule has 0 saturated heterocycles. The van der Waals surface area contributed by atoms with Crippen molar-refractivity contribution >= 4 is 35.4 Å². The average Bonchev–Trinajstić information content (AvgIpc) is 3.07. The molecule has 1 atom stereocenters. The molecule has 0 spiro atoms. The van der Waals surface area contributed by atoms with Crippen LogP contribution >= 0.6 is 0 Å². The molecule has 234 valence electrons. The topological polar surface area (TPSA) is 145 Å². The first-order valence-electron chi connectivity index (χ1n) is 13.6. The Labute approximate surface area is 256 Å². The average molecular weight is 624 g/mol. The fourth-order valence-corrected chi connectivity index (χ4v) is 4.72. The third-order valence-electron chi connectivity index (χ3n) is 6.57. The van der Waals surface area contributed by atoms with Gasteiger partial charge in [-0.15, -0.1) is 0 Å². The summed E-state index contributed by atoms with van der Waals surface area (Å²) in [6, 6.07) is 12.6. The summed E-state index contributed by atoms with van der Waals surface area (Å²) in [6.45, 7) is 4.65. The largest absolute Gasteiger partial charge is 0.491 e. The van der Waals surface area contributed by atoms with Crippen LogP contribution in [-0.2, 0) is 19.1 Å². The summed E-state index contributed by atoms with van der Waals surface area (Å²) in [5, 5.41) is 0. The van der Waals surface area contributed by atoms with Gasteiger partial charge in [-0.1, -0.05) is 42.2 Å². The molecule has 1 unspecified atom stereocenters. The van der Waals surface area contributed by atoms with Crippen LogP contribution in [0.3, 0.4) is 0 Å². The van der Waals surface area contributed by atoms with Crippen molar-refractivity contribution in [2.75, 3.05) is 23.8 Å². The van der Waals surface area contributed by atoms with Crippen molar-refractivity contribution < 1.29 is 41.8 Å². The summed E-state index contributed by atoms with van der Waals surface area (Å²) >= 11 is 0. The van der Waals surface area contributed by atoms with E-state index >= 15 is 0 Å². The molecule has 11 nitrogen and oxygen atoms in total. The van der Waals surface area contributed by atoms with Gasteiger partial charge in [0.1, 0.15) is 6.54 Å². The molecule has 1 aromatic heterocycles. The van der Waals surface area contributed by atoms with Crippen molar-refractivity contribution in [3.8, 4) is 17.7 Å². The molecule has 0 bridgehead atoms. The zero-order chi connectivity index (χ0) is 32.9. The Bertz CT molecular complexity index is 1660. The van der Waals surface area contributed by atoms with E-state index in [1.54, 1.807) is 69.3 Å². The fraction of sp³-hybridized carbons (Fsp3) is 0.290. The first-order valence-corrected chi connectivity index (χ1v) is 13.6. The van der Waals surface area contributed by atoms with E-state index in [0.717, 1.165) is 4.90 Å². The molecular formula is C31H28F3N5O6. The van der Waals surface area contributed by atoms with Gasteiger partial charge >= 0.3 is 18.1 Å². The van der Waals surface area contributed by atoms with Crippen molar-refractivity contribution in [3.63, 3.8) is 0 Å². The van der Waals surface area contributed by atoms with E-state index in [9.17, 15) is 32.3 Å². The van der Waals surface area contributed by atoms with Crippen molar-refractivity contribution in [3.05, 3.63) is 77.0 Å². The molecule has 4 rings (SSSR count). The highest BCUT2D eigenvalue weighted by Crippen LogP contribution is 2.34. The Balaban J connectivity index is 1.68. The van der Waals surface area contributed by atoms with E-state index in [2.05, 4.69) is 26.5 Å². The van der Waals surface area contributed by atoms with Crippen LogP contribution in [0, 0.1) is 18.8 Å². The van der Waals surface area contributed by atoms with Crippen LogP contribution in [0.15, 0.2) is 54.6 Å². The van der Waals surface area contributed by atoms with Crippen LogP contribution < -0.4 is 15.4 Å². The SMILES string of the molecule is Cc1cc(OCC#Cc2ccc3c(c2)C(=O)N(C(CC(=O)OC(=O)C(F)(F)F)c2ccccc2)CC(=O)N3C(C)C)nc(N)n1. The maximum Gasteiger partial charge on any atom is 0.491 e. The van der Waals surface area contributed by atoms with E-state index in [-0.39, 0.29) is 35.7 Å². The van der Waals surface area contributed by atoms with Crippen molar-refractivity contribution in [1.82, 2.24) is 14.9 Å². The van der Waals surface area contributed by atoms with E-state index in [4.69, 9.17) is 10.5 Å². The van der Waals surface area contributed by atoms with E-state index < -0.39 is 48.9 Å². The highest BCUT2D eigenvalue weighted by Gasteiger charge is 2.43. The molecule has 3 aromatic rings. The van der Waals surface area contributed by atoms with Crippen LogP contribution in [0.2, 0.25) is 0 Å². The molecule has 2 N–H and O–H groups in total. The van der Waals surface area contributed by atoms with Crippen LogP contribution in [0.25, 0.3) is 0 Å². The van der Waals surface area contributed by atoms with Crippen molar-refractivity contribution in [1.29, 1.82) is 0 Å². The molecular weight excluding hydrogens is 595 g/mol. The first-order chi connectivity index (χ1) is 21.2. The summed E-state index contributed by atoms with van der Waals surface area (Å²) in [4.78, 5) is 62.0. The second-order valence-corrected chi connectivity index (χ2v) is 10.2. The van der Waals surface area contributed by atoms with Crippen LogP contribution in [0.1, 0.15) is 53.5 Å². The molecule has 0 aliphatic carbocycles.